The summed E-state index contributed by atoms with van der Waals surface area (Å²) in [6, 6.07) is 12.3. The highest BCUT2D eigenvalue weighted by Gasteiger charge is 2.35. The molecule has 0 saturated heterocycles. The largest absolute Gasteiger partial charge is 0.493 e. The lowest BCUT2D eigenvalue weighted by molar-refractivity contribution is -0.115. The Bertz CT molecular complexity index is 1300. The third kappa shape index (κ3) is 6.36. The number of hydrogen-bond donors (Lipinski definition) is 2. The molecule has 2 N–H and O–H groups in total. The number of nitrogens with zero attached hydrogens (tertiary/aromatic N) is 3. The van der Waals surface area contributed by atoms with Gasteiger partial charge in [0.25, 0.3) is 5.91 Å². The van der Waals surface area contributed by atoms with Gasteiger partial charge in [0.15, 0.2) is 17.3 Å². The van der Waals surface area contributed by atoms with Crippen molar-refractivity contribution in [3.05, 3.63) is 53.6 Å². The van der Waals surface area contributed by atoms with Gasteiger partial charge >= 0.3 is 0 Å². The molecule has 192 valence electrons. The van der Waals surface area contributed by atoms with Crippen molar-refractivity contribution in [3.63, 3.8) is 0 Å². The van der Waals surface area contributed by atoms with Gasteiger partial charge in [0.05, 0.1) is 12.7 Å². The standard InChI is InChI=1S/C26H27N5O5S/c1-4-5-23-30-31-24(27)20(25(33)29-26(31)37-23)14-17-6-11-21(22(15-17)34-3)36-13-12-35-19-9-7-18(8-10-19)28-16(2)32/h6-11,14-15,27H,4-5,12-13H2,1-3H3,(H,28,32)/b20-14-,27-24?. The zero-order valence-corrected chi connectivity index (χ0v) is 21.6. The molecule has 10 nitrogen and oxygen atoms in total. The Labute approximate surface area is 218 Å². The van der Waals surface area contributed by atoms with Crippen LogP contribution in [0.1, 0.15) is 32.3 Å². The molecule has 0 radical (unpaired) electrons. The number of benzene rings is 2. The van der Waals surface area contributed by atoms with Crippen molar-refractivity contribution in [2.24, 2.45) is 10.1 Å². The molecule has 0 atom stereocenters. The minimum atomic E-state index is -0.474. The molecule has 0 unspecified atom stereocenters. The minimum Gasteiger partial charge on any atom is -0.493 e. The molecular weight excluding hydrogens is 494 g/mol. The fourth-order valence-electron chi connectivity index (χ4n) is 3.56. The van der Waals surface area contributed by atoms with E-state index >= 15 is 0 Å². The number of carbonyl (C=O) groups is 2. The summed E-state index contributed by atoms with van der Waals surface area (Å²) in [7, 11) is 1.53. The highest BCUT2D eigenvalue weighted by Crippen LogP contribution is 2.32. The first-order valence-electron chi connectivity index (χ1n) is 11.7. The molecular formula is C26H27N5O5S. The van der Waals surface area contributed by atoms with Crippen molar-refractivity contribution in [2.45, 2.75) is 26.7 Å². The molecule has 0 fully saturated rings. The number of aliphatic imine (C=N–C) groups is 1. The fourth-order valence-corrected chi connectivity index (χ4v) is 4.54. The van der Waals surface area contributed by atoms with E-state index in [1.807, 2.05) is 6.92 Å². The predicted molar refractivity (Wildman–Crippen MR) is 145 cm³/mol. The zero-order chi connectivity index (χ0) is 26.4. The quantitative estimate of drug-likeness (QED) is 0.347. The number of methoxy groups -OCH3 is 1. The fraction of sp³-hybridized carbons (Fsp3) is 0.269. The Morgan fingerprint density at radius 1 is 1.14 bits per heavy atom. The monoisotopic (exact) mass is 521 g/mol. The van der Waals surface area contributed by atoms with Crippen LogP contribution in [-0.2, 0) is 9.59 Å². The zero-order valence-electron chi connectivity index (χ0n) is 20.7. The molecule has 0 aromatic heterocycles. The molecule has 2 amide bonds. The number of amides is 2. The average Bonchev–Trinajstić information content (AvgIpc) is 3.28. The van der Waals surface area contributed by atoms with Crippen molar-refractivity contribution in [1.29, 1.82) is 5.41 Å². The second-order valence-corrected chi connectivity index (χ2v) is 9.12. The number of amidine groups is 2. The van der Waals surface area contributed by atoms with Crippen molar-refractivity contribution in [2.75, 3.05) is 25.6 Å². The Balaban J connectivity index is 1.38. The van der Waals surface area contributed by atoms with Gasteiger partial charge in [-0.1, -0.05) is 13.0 Å². The van der Waals surface area contributed by atoms with Gasteiger partial charge in [0, 0.05) is 12.6 Å². The Morgan fingerprint density at radius 3 is 2.59 bits per heavy atom. The summed E-state index contributed by atoms with van der Waals surface area (Å²) in [6.07, 6.45) is 3.29. The second kappa shape index (κ2) is 11.7. The van der Waals surface area contributed by atoms with E-state index in [0.29, 0.717) is 40.3 Å². The Morgan fingerprint density at radius 2 is 1.89 bits per heavy atom. The van der Waals surface area contributed by atoms with Gasteiger partial charge in [-0.2, -0.15) is 15.1 Å². The van der Waals surface area contributed by atoms with Gasteiger partial charge in [-0.3, -0.25) is 15.0 Å². The summed E-state index contributed by atoms with van der Waals surface area (Å²) >= 11 is 1.33. The van der Waals surface area contributed by atoms with Crippen molar-refractivity contribution in [3.8, 4) is 17.2 Å². The third-order valence-corrected chi connectivity index (χ3v) is 6.21. The topological polar surface area (TPSA) is 126 Å². The van der Waals surface area contributed by atoms with E-state index in [4.69, 9.17) is 19.6 Å². The summed E-state index contributed by atoms with van der Waals surface area (Å²) in [5.41, 5.74) is 1.51. The molecule has 37 heavy (non-hydrogen) atoms. The maximum absolute atomic E-state index is 12.6. The maximum Gasteiger partial charge on any atom is 0.283 e. The lowest BCUT2D eigenvalue weighted by Gasteiger charge is -2.20. The molecule has 11 heteroatoms. The van der Waals surface area contributed by atoms with Crippen LogP contribution >= 0.6 is 11.8 Å². The molecule has 2 aromatic carbocycles. The highest BCUT2D eigenvalue weighted by molar-refractivity contribution is 8.26. The van der Waals surface area contributed by atoms with Crippen molar-refractivity contribution >= 4 is 51.4 Å². The van der Waals surface area contributed by atoms with Crippen LogP contribution in [0.25, 0.3) is 6.08 Å². The molecule has 0 aliphatic carbocycles. The van der Waals surface area contributed by atoms with Crippen molar-refractivity contribution < 1.29 is 23.8 Å². The average molecular weight is 522 g/mol. The van der Waals surface area contributed by atoms with E-state index in [0.717, 1.165) is 17.9 Å². The van der Waals surface area contributed by atoms with Crippen LogP contribution < -0.4 is 19.5 Å². The van der Waals surface area contributed by atoms with Crippen LogP contribution in [0.4, 0.5) is 5.69 Å². The summed E-state index contributed by atoms with van der Waals surface area (Å²) in [6.45, 7) is 4.08. The molecule has 4 rings (SSSR count). The number of hydrogen-bond acceptors (Lipinski definition) is 8. The van der Waals surface area contributed by atoms with Crippen LogP contribution in [0, 0.1) is 5.41 Å². The van der Waals surface area contributed by atoms with Crippen LogP contribution in [0.2, 0.25) is 0 Å². The van der Waals surface area contributed by atoms with E-state index in [-0.39, 0.29) is 23.9 Å². The summed E-state index contributed by atoms with van der Waals surface area (Å²) in [5, 5.41) is 18.3. The number of thioether (sulfide) groups is 1. The number of carbonyl (C=O) groups excluding carboxylic acids is 2. The van der Waals surface area contributed by atoms with Crippen LogP contribution in [0.5, 0.6) is 17.2 Å². The number of fused-ring (bicyclic) bond motifs is 1. The van der Waals surface area contributed by atoms with Gasteiger partial charge in [-0.05, 0) is 72.6 Å². The Kier molecular flexibility index (Phi) is 8.24. The van der Waals surface area contributed by atoms with Crippen molar-refractivity contribution in [1.82, 2.24) is 5.01 Å². The maximum atomic E-state index is 12.6. The molecule has 2 aromatic rings. The van der Waals surface area contributed by atoms with Gasteiger partial charge in [0.1, 0.15) is 24.0 Å². The van der Waals surface area contributed by atoms with E-state index in [2.05, 4.69) is 15.4 Å². The second-order valence-electron chi connectivity index (χ2n) is 8.08. The minimum absolute atomic E-state index is 0.00449. The molecule has 0 spiro atoms. The lowest BCUT2D eigenvalue weighted by atomic mass is 10.1. The van der Waals surface area contributed by atoms with Gasteiger partial charge in [0.2, 0.25) is 11.1 Å². The van der Waals surface area contributed by atoms with Crippen LogP contribution in [-0.4, -0.2) is 53.2 Å². The normalized spacial score (nSPS) is 15.8. The molecule has 0 bridgehead atoms. The number of ether oxygens (including phenoxy) is 3. The SMILES string of the molecule is CCCC1=NN2C(=N)/C(=C/c3ccc(OCCOc4ccc(NC(C)=O)cc4)c(OC)c3)C(=O)N=C2S1. The first-order valence-corrected chi connectivity index (χ1v) is 12.5. The van der Waals surface area contributed by atoms with Gasteiger partial charge < -0.3 is 19.5 Å². The summed E-state index contributed by atoms with van der Waals surface area (Å²) in [5.74, 6) is 1.04. The first kappa shape index (κ1) is 26.0. The van der Waals surface area contributed by atoms with Crippen LogP contribution in [0.15, 0.2) is 58.1 Å². The van der Waals surface area contributed by atoms with E-state index < -0.39 is 5.91 Å². The van der Waals surface area contributed by atoms with Crippen LogP contribution in [0.3, 0.4) is 0 Å². The number of nitrogens with one attached hydrogen (secondary N) is 2. The number of hydrazone groups is 1. The smallest absolute Gasteiger partial charge is 0.283 e. The Hall–Kier alpha value is -4.12. The first-order chi connectivity index (χ1) is 17.9. The molecule has 2 heterocycles. The van der Waals surface area contributed by atoms with E-state index in [1.54, 1.807) is 48.5 Å². The number of rotatable bonds is 10. The molecule has 0 saturated carbocycles. The van der Waals surface area contributed by atoms with Gasteiger partial charge in [-0.25, -0.2) is 0 Å². The summed E-state index contributed by atoms with van der Waals surface area (Å²) in [4.78, 5) is 27.8. The number of anilines is 1. The lowest BCUT2D eigenvalue weighted by Crippen LogP contribution is -2.35. The van der Waals surface area contributed by atoms with Gasteiger partial charge in [-0.15, -0.1) is 0 Å². The predicted octanol–water partition coefficient (Wildman–Crippen LogP) is 4.53. The van der Waals surface area contributed by atoms with E-state index in [9.17, 15) is 9.59 Å². The van der Waals surface area contributed by atoms with E-state index in [1.165, 1.54) is 30.8 Å². The summed E-state index contributed by atoms with van der Waals surface area (Å²) < 4.78 is 17.0. The third-order valence-electron chi connectivity index (χ3n) is 5.24. The highest BCUT2D eigenvalue weighted by atomic mass is 32.2. The molecule has 2 aliphatic heterocycles. The molecule has 2 aliphatic rings.